The molecule has 2 atom stereocenters. The molecule has 2 unspecified atom stereocenters. The van der Waals surface area contributed by atoms with Crippen molar-refractivity contribution in [2.45, 2.75) is 32.9 Å². The smallest absolute Gasteiger partial charge is 0.0574 e. The summed E-state index contributed by atoms with van der Waals surface area (Å²) >= 11 is 0. The highest BCUT2D eigenvalue weighted by Gasteiger charge is 2.18. The van der Waals surface area contributed by atoms with Crippen LogP contribution in [-0.2, 0) is 0 Å². The standard InChI is InChI=1S/C13H27N3/c1-7-9-14-10-12(3)16(8-2)13(4)11-15(5)6/h1,12-14H,8-11H2,2-6H3. The van der Waals surface area contributed by atoms with E-state index in [0.717, 1.165) is 19.6 Å². The minimum absolute atomic E-state index is 0.522. The maximum atomic E-state index is 5.22. The molecule has 1 N–H and O–H groups in total. The minimum Gasteiger partial charge on any atom is -0.308 e. The van der Waals surface area contributed by atoms with Gasteiger partial charge in [-0.2, -0.15) is 0 Å². The Labute approximate surface area is 101 Å². The summed E-state index contributed by atoms with van der Waals surface area (Å²) < 4.78 is 0. The highest BCUT2D eigenvalue weighted by atomic mass is 15.2. The summed E-state index contributed by atoms with van der Waals surface area (Å²) in [5, 5.41) is 3.27. The number of rotatable bonds is 8. The lowest BCUT2D eigenvalue weighted by Gasteiger charge is -2.35. The minimum atomic E-state index is 0.522. The van der Waals surface area contributed by atoms with Gasteiger partial charge in [0, 0.05) is 25.2 Å². The Hall–Kier alpha value is -0.560. The van der Waals surface area contributed by atoms with Gasteiger partial charge in [-0.25, -0.2) is 0 Å². The average Bonchev–Trinajstić information content (AvgIpc) is 2.18. The lowest BCUT2D eigenvalue weighted by atomic mass is 10.2. The van der Waals surface area contributed by atoms with Gasteiger partial charge < -0.3 is 10.2 Å². The number of terminal acetylenes is 1. The Kier molecular flexibility index (Phi) is 8.28. The van der Waals surface area contributed by atoms with Crippen LogP contribution in [0.1, 0.15) is 20.8 Å². The van der Waals surface area contributed by atoms with E-state index in [1.54, 1.807) is 0 Å². The molecule has 0 aromatic rings. The zero-order valence-corrected chi connectivity index (χ0v) is 11.5. The SMILES string of the molecule is C#CCNCC(C)N(CC)C(C)CN(C)C. The van der Waals surface area contributed by atoms with Crippen molar-refractivity contribution < 1.29 is 0 Å². The van der Waals surface area contributed by atoms with Crippen LogP contribution in [0, 0.1) is 12.3 Å². The molecule has 94 valence electrons. The number of hydrogen-bond acceptors (Lipinski definition) is 3. The number of nitrogens with one attached hydrogen (secondary N) is 1. The van der Waals surface area contributed by atoms with Gasteiger partial charge in [0.25, 0.3) is 0 Å². The average molecular weight is 225 g/mol. The molecule has 0 aromatic carbocycles. The van der Waals surface area contributed by atoms with Gasteiger partial charge in [0.15, 0.2) is 0 Å². The fraction of sp³-hybridized carbons (Fsp3) is 0.846. The van der Waals surface area contributed by atoms with Crippen LogP contribution in [0.15, 0.2) is 0 Å². The highest BCUT2D eigenvalue weighted by Crippen LogP contribution is 2.05. The number of hydrogen-bond donors (Lipinski definition) is 1. The van der Waals surface area contributed by atoms with E-state index in [2.05, 4.69) is 55.9 Å². The third kappa shape index (κ3) is 6.12. The Morgan fingerprint density at radius 3 is 2.31 bits per heavy atom. The second-order valence-corrected chi connectivity index (χ2v) is 4.63. The number of likely N-dealkylation sites (N-methyl/N-ethyl adjacent to an activating group) is 2. The van der Waals surface area contributed by atoms with Gasteiger partial charge in [0.1, 0.15) is 0 Å². The van der Waals surface area contributed by atoms with Gasteiger partial charge in [-0.05, 0) is 34.5 Å². The van der Waals surface area contributed by atoms with E-state index in [4.69, 9.17) is 6.42 Å². The van der Waals surface area contributed by atoms with Crippen LogP contribution in [0.25, 0.3) is 0 Å². The van der Waals surface area contributed by atoms with Crippen molar-refractivity contribution in [3.8, 4) is 12.3 Å². The zero-order chi connectivity index (χ0) is 12.6. The summed E-state index contributed by atoms with van der Waals surface area (Å²) in [6.07, 6.45) is 5.22. The Bertz CT molecular complexity index is 208. The molecule has 3 nitrogen and oxygen atoms in total. The van der Waals surface area contributed by atoms with E-state index >= 15 is 0 Å². The third-order valence-electron chi connectivity index (χ3n) is 2.79. The molecule has 16 heavy (non-hydrogen) atoms. The van der Waals surface area contributed by atoms with Crippen molar-refractivity contribution in [2.24, 2.45) is 0 Å². The third-order valence-corrected chi connectivity index (χ3v) is 2.79. The topological polar surface area (TPSA) is 18.5 Å². The molecule has 0 rings (SSSR count). The van der Waals surface area contributed by atoms with Gasteiger partial charge in [0.2, 0.25) is 0 Å². The van der Waals surface area contributed by atoms with Crippen molar-refractivity contribution in [3.63, 3.8) is 0 Å². The second kappa shape index (κ2) is 8.58. The van der Waals surface area contributed by atoms with Crippen LogP contribution in [-0.4, -0.2) is 62.2 Å². The molecule has 0 bridgehead atoms. The Morgan fingerprint density at radius 1 is 1.25 bits per heavy atom. The predicted octanol–water partition coefficient (Wildman–Crippen LogP) is 0.870. The lowest BCUT2D eigenvalue weighted by molar-refractivity contribution is 0.135. The van der Waals surface area contributed by atoms with Crippen LogP contribution in [0.4, 0.5) is 0 Å². The van der Waals surface area contributed by atoms with Crippen molar-refractivity contribution in [1.82, 2.24) is 15.1 Å². The van der Waals surface area contributed by atoms with Crippen LogP contribution in [0.5, 0.6) is 0 Å². The first kappa shape index (κ1) is 15.4. The summed E-state index contributed by atoms with van der Waals surface area (Å²) in [7, 11) is 4.23. The summed E-state index contributed by atoms with van der Waals surface area (Å²) in [5.41, 5.74) is 0. The van der Waals surface area contributed by atoms with E-state index < -0.39 is 0 Å². The molecule has 0 radical (unpaired) electrons. The first-order valence-electron chi connectivity index (χ1n) is 6.07. The maximum Gasteiger partial charge on any atom is 0.0574 e. The van der Waals surface area contributed by atoms with Gasteiger partial charge in [-0.15, -0.1) is 6.42 Å². The van der Waals surface area contributed by atoms with Crippen molar-refractivity contribution in [1.29, 1.82) is 0 Å². The molecule has 3 heteroatoms. The first-order chi connectivity index (χ1) is 7.52. The molecule has 0 aliphatic rings. The monoisotopic (exact) mass is 225 g/mol. The van der Waals surface area contributed by atoms with E-state index in [-0.39, 0.29) is 0 Å². The van der Waals surface area contributed by atoms with Crippen LogP contribution >= 0.6 is 0 Å². The second-order valence-electron chi connectivity index (χ2n) is 4.63. The highest BCUT2D eigenvalue weighted by molar-refractivity contribution is 4.87. The fourth-order valence-corrected chi connectivity index (χ4v) is 2.16. The summed E-state index contributed by atoms with van der Waals surface area (Å²) in [6, 6.07) is 1.09. The Balaban J connectivity index is 4.09. The quantitative estimate of drug-likeness (QED) is 0.488. The molecule has 0 aliphatic heterocycles. The van der Waals surface area contributed by atoms with Crippen molar-refractivity contribution in [2.75, 3.05) is 40.3 Å². The van der Waals surface area contributed by atoms with Crippen molar-refractivity contribution >= 4 is 0 Å². The lowest BCUT2D eigenvalue weighted by Crippen LogP contribution is -2.48. The molecule has 0 aliphatic carbocycles. The summed E-state index contributed by atoms with van der Waals surface area (Å²) in [5.74, 6) is 2.60. The predicted molar refractivity (Wildman–Crippen MR) is 71.6 cm³/mol. The molecule has 0 fully saturated rings. The molecule has 0 saturated heterocycles. The normalized spacial score (nSPS) is 15.1. The van der Waals surface area contributed by atoms with E-state index in [9.17, 15) is 0 Å². The molecular weight excluding hydrogens is 198 g/mol. The molecular formula is C13H27N3. The summed E-state index contributed by atoms with van der Waals surface area (Å²) in [4.78, 5) is 4.73. The molecule has 0 amide bonds. The van der Waals surface area contributed by atoms with Gasteiger partial charge in [-0.1, -0.05) is 12.8 Å². The van der Waals surface area contributed by atoms with E-state index in [0.29, 0.717) is 18.6 Å². The van der Waals surface area contributed by atoms with Crippen molar-refractivity contribution in [3.05, 3.63) is 0 Å². The maximum absolute atomic E-state index is 5.22. The van der Waals surface area contributed by atoms with Crippen LogP contribution < -0.4 is 5.32 Å². The number of nitrogens with zero attached hydrogens (tertiary/aromatic N) is 2. The van der Waals surface area contributed by atoms with Crippen LogP contribution in [0.3, 0.4) is 0 Å². The Morgan fingerprint density at radius 2 is 1.88 bits per heavy atom. The summed E-state index contributed by atoms with van der Waals surface area (Å²) in [6.45, 7) is 10.5. The van der Waals surface area contributed by atoms with E-state index in [1.165, 1.54) is 0 Å². The van der Waals surface area contributed by atoms with Gasteiger partial charge in [0.05, 0.1) is 6.54 Å². The van der Waals surface area contributed by atoms with Crippen LogP contribution in [0.2, 0.25) is 0 Å². The van der Waals surface area contributed by atoms with Gasteiger partial charge >= 0.3 is 0 Å². The molecule has 0 spiro atoms. The largest absolute Gasteiger partial charge is 0.308 e. The molecule has 0 aromatic heterocycles. The van der Waals surface area contributed by atoms with E-state index in [1.807, 2.05) is 0 Å². The molecule has 0 heterocycles. The molecule has 0 saturated carbocycles. The first-order valence-corrected chi connectivity index (χ1v) is 6.07. The van der Waals surface area contributed by atoms with Gasteiger partial charge in [-0.3, -0.25) is 4.90 Å². The fourth-order valence-electron chi connectivity index (χ4n) is 2.16. The zero-order valence-electron chi connectivity index (χ0n) is 11.5.